The fraction of sp³-hybridized carbons (Fsp3) is 0.333. The number of carbonyl (C=O) groups is 2. The van der Waals surface area contributed by atoms with Gasteiger partial charge in [-0.15, -0.1) is 12.3 Å². The number of hydrogen-bond donors (Lipinski definition) is 4. The summed E-state index contributed by atoms with van der Waals surface area (Å²) in [6.45, 7) is 3.52. The minimum Gasteiger partial charge on any atom is -0.354 e. The van der Waals surface area contributed by atoms with E-state index in [0.717, 1.165) is 13.1 Å². The number of terminal acetylenes is 1. The highest BCUT2D eigenvalue weighted by molar-refractivity contribution is 6.00. The lowest BCUT2D eigenvalue weighted by molar-refractivity contribution is -0.135. The van der Waals surface area contributed by atoms with E-state index in [1.807, 2.05) is 60.7 Å². The summed E-state index contributed by atoms with van der Waals surface area (Å²) < 4.78 is 0. The van der Waals surface area contributed by atoms with Gasteiger partial charge in [-0.25, -0.2) is 0 Å². The molecular weight excluding hydrogens is 376 g/mol. The van der Waals surface area contributed by atoms with Gasteiger partial charge in [0.2, 0.25) is 11.8 Å². The molecule has 0 spiro atoms. The van der Waals surface area contributed by atoms with Crippen molar-refractivity contribution in [3.8, 4) is 12.3 Å². The zero-order valence-electron chi connectivity index (χ0n) is 17.2. The van der Waals surface area contributed by atoms with Crippen molar-refractivity contribution in [1.29, 1.82) is 0 Å². The Kier molecular flexibility index (Phi) is 10.8. The summed E-state index contributed by atoms with van der Waals surface area (Å²) in [7, 11) is 0. The molecule has 30 heavy (non-hydrogen) atoms. The maximum Gasteiger partial charge on any atom is 0.233 e. The summed E-state index contributed by atoms with van der Waals surface area (Å²) in [5.74, 6) is 0.860. The molecule has 0 aliphatic carbocycles. The third kappa shape index (κ3) is 8.91. The smallest absolute Gasteiger partial charge is 0.233 e. The van der Waals surface area contributed by atoms with Crippen molar-refractivity contribution < 1.29 is 9.59 Å². The van der Waals surface area contributed by atoms with Crippen LogP contribution in [-0.4, -0.2) is 38.0 Å². The van der Waals surface area contributed by atoms with Crippen molar-refractivity contribution in [2.24, 2.45) is 5.92 Å². The topological polar surface area (TPSA) is 82.3 Å². The average molecular weight is 407 g/mol. The van der Waals surface area contributed by atoms with Gasteiger partial charge < -0.3 is 21.3 Å². The highest BCUT2D eigenvalue weighted by Crippen LogP contribution is 2.03. The van der Waals surface area contributed by atoms with Gasteiger partial charge in [-0.3, -0.25) is 9.59 Å². The molecule has 0 atom stereocenters. The van der Waals surface area contributed by atoms with Gasteiger partial charge >= 0.3 is 0 Å². The first-order valence-electron chi connectivity index (χ1n) is 10.2. The summed E-state index contributed by atoms with van der Waals surface area (Å²) >= 11 is 0. The van der Waals surface area contributed by atoms with E-state index in [4.69, 9.17) is 6.42 Å². The second kappa shape index (κ2) is 13.9. The van der Waals surface area contributed by atoms with Crippen LogP contribution >= 0.6 is 0 Å². The van der Waals surface area contributed by atoms with Crippen LogP contribution in [0.25, 0.3) is 0 Å². The molecule has 6 nitrogen and oxygen atoms in total. The molecule has 0 unspecified atom stereocenters. The van der Waals surface area contributed by atoms with Crippen LogP contribution in [0.1, 0.15) is 17.5 Å². The Morgan fingerprint density at radius 3 is 1.57 bits per heavy atom. The predicted molar refractivity (Wildman–Crippen MR) is 119 cm³/mol. The number of rotatable bonds is 13. The van der Waals surface area contributed by atoms with E-state index in [9.17, 15) is 9.59 Å². The molecule has 2 rings (SSSR count). The summed E-state index contributed by atoms with van der Waals surface area (Å²) in [6, 6.07) is 20.0. The molecule has 6 heteroatoms. The largest absolute Gasteiger partial charge is 0.354 e. The van der Waals surface area contributed by atoms with Crippen LogP contribution in [0.15, 0.2) is 60.7 Å². The molecule has 0 aliphatic heterocycles. The Morgan fingerprint density at radius 1 is 0.733 bits per heavy atom. The monoisotopic (exact) mass is 406 g/mol. The van der Waals surface area contributed by atoms with Gasteiger partial charge in [0.05, 0.1) is 0 Å². The molecule has 0 saturated carbocycles. The Morgan fingerprint density at radius 2 is 1.17 bits per heavy atom. The Bertz CT molecular complexity index is 741. The lowest BCUT2D eigenvalue weighted by atomic mass is 10.0. The predicted octanol–water partition coefficient (Wildman–Crippen LogP) is 1.44. The standard InChI is InChI=1S/C24H30N4O2/c1-2-9-22(23(29)27-16-14-25-18-20-10-5-3-6-11-20)24(30)28-17-15-26-19-21-12-7-4-8-13-21/h1,3-8,10-13,22,25-26H,9,14-19H2,(H,27,29)(H,28,30). The van der Waals surface area contributed by atoms with Crippen LogP contribution in [0.2, 0.25) is 0 Å². The Hall–Kier alpha value is -3.14. The zero-order valence-corrected chi connectivity index (χ0v) is 17.2. The maximum atomic E-state index is 12.4. The van der Waals surface area contributed by atoms with E-state index in [2.05, 4.69) is 27.2 Å². The van der Waals surface area contributed by atoms with Crippen molar-refractivity contribution in [3.05, 3.63) is 71.8 Å². The molecule has 0 aliphatic rings. The quantitative estimate of drug-likeness (QED) is 0.231. The van der Waals surface area contributed by atoms with Crippen molar-refractivity contribution in [2.45, 2.75) is 19.5 Å². The van der Waals surface area contributed by atoms with E-state index in [0.29, 0.717) is 26.2 Å². The zero-order chi connectivity index (χ0) is 21.4. The van der Waals surface area contributed by atoms with Gasteiger partial charge in [0.15, 0.2) is 0 Å². The summed E-state index contributed by atoms with van der Waals surface area (Å²) in [5, 5.41) is 12.1. The lowest BCUT2D eigenvalue weighted by Crippen LogP contribution is -2.44. The second-order valence-electron chi connectivity index (χ2n) is 6.87. The first-order valence-corrected chi connectivity index (χ1v) is 10.2. The molecule has 2 amide bonds. The van der Waals surface area contributed by atoms with Gasteiger partial charge in [-0.05, 0) is 11.1 Å². The highest BCUT2D eigenvalue weighted by atomic mass is 16.2. The summed E-state index contributed by atoms with van der Waals surface area (Å²) in [6.07, 6.45) is 5.43. The molecule has 0 bridgehead atoms. The third-order valence-corrected chi connectivity index (χ3v) is 4.50. The van der Waals surface area contributed by atoms with Crippen molar-refractivity contribution >= 4 is 11.8 Å². The van der Waals surface area contributed by atoms with Crippen LogP contribution in [0.4, 0.5) is 0 Å². The molecule has 0 aromatic heterocycles. The fourth-order valence-corrected chi connectivity index (χ4v) is 2.87. The maximum absolute atomic E-state index is 12.4. The van der Waals surface area contributed by atoms with Gasteiger partial charge in [-0.1, -0.05) is 60.7 Å². The van der Waals surface area contributed by atoms with Crippen LogP contribution in [0.3, 0.4) is 0 Å². The summed E-state index contributed by atoms with van der Waals surface area (Å²) in [4.78, 5) is 24.7. The fourth-order valence-electron chi connectivity index (χ4n) is 2.87. The normalized spacial score (nSPS) is 10.4. The van der Waals surface area contributed by atoms with E-state index >= 15 is 0 Å². The van der Waals surface area contributed by atoms with Crippen LogP contribution in [-0.2, 0) is 22.7 Å². The molecule has 0 fully saturated rings. The molecule has 0 saturated heterocycles. The van der Waals surface area contributed by atoms with Crippen LogP contribution < -0.4 is 21.3 Å². The molecule has 0 radical (unpaired) electrons. The van der Waals surface area contributed by atoms with E-state index in [1.165, 1.54) is 11.1 Å². The lowest BCUT2D eigenvalue weighted by Gasteiger charge is -2.15. The van der Waals surface area contributed by atoms with Gasteiger partial charge in [-0.2, -0.15) is 0 Å². The minimum absolute atomic E-state index is 0.0759. The molecule has 2 aromatic carbocycles. The second-order valence-corrected chi connectivity index (χ2v) is 6.87. The average Bonchev–Trinajstić information content (AvgIpc) is 2.78. The Labute approximate surface area is 178 Å². The highest BCUT2D eigenvalue weighted by Gasteiger charge is 2.25. The van der Waals surface area contributed by atoms with E-state index in [1.54, 1.807) is 0 Å². The number of nitrogens with one attached hydrogen (secondary N) is 4. The molecule has 158 valence electrons. The number of hydrogen-bond acceptors (Lipinski definition) is 4. The molecule has 2 aromatic rings. The van der Waals surface area contributed by atoms with Gasteiger partial charge in [0, 0.05) is 45.7 Å². The number of amides is 2. The van der Waals surface area contributed by atoms with Crippen LogP contribution in [0.5, 0.6) is 0 Å². The minimum atomic E-state index is -0.877. The first-order chi connectivity index (χ1) is 14.7. The first kappa shape index (κ1) is 23.1. The van der Waals surface area contributed by atoms with Crippen molar-refractivity contribution in [2.75, 3.05) is 26.2 Å². The van der Waals surface area contributed by atoms with Gasteiger partial charge in [0.25, 0.3) is 0 Å². The van der Waals surface area contributed by atoms with E-state index in [-0.39, 0.29) is 18.2 Å². The molecule has 4 N–H and O–H groups in total. The number of carbonyl (C=O) groups excluding carboxylic acids is 2. The number of benzene rings is 2. The van der Waals surface area contributed by atoms with Crippen molar-refractivity contribution in [3.63, 3.8) is 0 Å². The van der Waals surface area contributed by atoms with E-state index < -0.39 is 5.92 Å². The molecule has 0 heterocycles. The molecular formula is C24H30N4O2. The van der Waals surface area contributed by atoms with Crippen LogP contribution in [0, 0.1) is 18.3 Å². The van der Waals surface area contributed by atoms with Gasteiger partial charge in [0.1, 0.15) is 5.92 Å². The SMILES string of the molecule is C#CCC(C(=O)NCCNCc1ccccc1)C(=O)NCCNCc1ccccc1. The Balaban J connectivity index is 1.62. The van der Waals surface area contributed by atoms with Crippen molar-refractivity contribution in [1.82, 2.24) is 21.3 Å². The third-order valence-electron chi connectivity index (χ3n) is 4.50. The summed E-state index contributed by atoms with van der Waals surface area (Å²) in [5.41, 5.74) is 2.35.